The molecule has 3 unspecified atom stereocenters. The van der Waals surface area contributed by atoms with E-state index in [4.69, 9.17) is 26.7 Å². The average Bonchev–Trinajstić information content (AvgIpc) is 3.38. The number of ketones is 1. The summed E-state index contributed by atoms with van der Waals surface area (Å²) in [6, 6.07) is 15.2. The second kappa shape index (κ2) is 10.7. The van der Waals surface area contributed by atoms with Gasteiger partial charge in [-0.15, -0.1) is 11.3 Å². The molecule has 2 heterocycles. The third-order valence-electron chi connectivity index (χ3n) is 8.40. The number of carbonyl (C=O) groups excluding carboxylic acids is 2. The van der Waals surface area contributed by atoms with Gasteiger partial charge >= 0.3 is 0 Å². The number of amides is 1. The van der Waals surface area contributed by atoms with Crippen LogP contribution in [0, 0.1) is 6.92 Å². The van der Waals surface area contributed by atoms with Gasteiger partial charge in [0.25, 0.3) is 5.91 Å². The molecular weight excluding hydrogens is 550 g/mol. The highest BCUT2D eigenvalue weighted by molar-refractivity contribution is 7.21. The lowest BCUT2D eigenvalue weighted by Crippen LogP contribution is -2.53. The predicted octanol–water partition coefficient (Wildman–Crippen LogP) is 4.20. The summed E-state index contributed by atoms with van der Waals surface area (Å²) in [5.41, 5.74) is 21.6. The number of ether oxygens (including phenoxy) is 2. The number of carbonyl (C=O) groups is 2. The smallest absolute Gasteiger partial charge is 0.262 e. The van der Waals surface area contributed by atoms with E-state index in [0.717, 1.165) is 31.5 Å². The Morgan fingerprint density at radius 2 is 1.86 bits per heavy atom. The number of methoxy groups -OCH3 is 1. The Bertz CT molecular complexity index is 1720. The van der Waals surface area contributed by atoms with Gasteiger partial charge in [-0.2, -0.15) is 0 Å². The molecule has 1 amide bonds. The number of para-hydroxylation sites is 2. The Morgan fingerprint density at radius 1 is 1.12 bits per heavy atom. The number of Topliss-reactive ketones (excluding diaryl/α,β-unsaturated/α-hetero) is 1. The molecule has 3 aromatic carbocycles. The van der Waals surface area contributed by atoms with E-state index in [1.54, 1.807) is 31.4 Å². The number of likely N-dealkylation sites (tertiary alicyclic amines) is 1. The number of nitrogens with zero attached hydrogens (tertiary/aromatic N) is 1. The summed E-state index contributed by atoms with van der Waals surface area (Å²) in [6.45, 7) is 3.66. The zero-order valence-electron chi connectivity index (χ0n) is 23.9. The minimum atomic E-state index is -1.55. The second-order valence-corrected chi connectivity index (χ2v) is 12.2. The highest BCUT2D eigenvalue weighted by Gasteiger charge is 2.49. The van der Waals surface area contributed by atoms with Crippen LogP contribution in [0.5, 0.6) is 17.2 Å². The third kappa shape index (κ3) is 4.51. The summed E-state index contributed by atoms with van der Waals surface area (Å²) in [6.07, 6.45) is 1.91. The maximum absolute atomic E-state index is 14.2. The number of piperidine rings is 1. The number of rotatable bonds is 6. The van der Waals surface area contributed by atoms with Crippen LogP contribution in [0.1, 0.15) is 50.8 Å². The zero-order chi connectivity index (χ0) is 29.8. The van der Waals surface area contributed by atoms with Crippen LogP contribution in [0.2, 0.25) is 0 Å². The number of benzene rings is 3. The second-order valence-electron chi connectivity index (χ2n) is 11.2. The van der Waals surface area contributed by atoms with Crippen LogP contribution in [0.4, 0.5) is 5.69 Å². The molecule has 1 aliphatic carbocycles. The maximum atomic E-state index is 14.2. The van der Waals surface area contributed by atoms with Crippen LogP contribution in [-0.4, -0.2) is 49.9 Å². The Hall–Kier alpha value is -3.96. The van der Waals surface area contributed by atoms with E-state index < -0.39 is 11.6 Å². The summed E-state index contributed by atoms with van der Waals surface area (Å²) >= 11 is 1.27. The molecule has 0 bridgehead atoms. The van der Waals surface area contributed by atoms with Crippen LogP contribution in [0.3, 0.4) is 0 Å². The maximum Gasteiger partial charge on any atom is 0.262 e. The van der Waals surface area contributed by atoms with Gasteiger partial charge in [-0.3, -0.25) is 9.59 Å². The van der Waals surface area contributed by atoms with E-state index in [2.05, 4.69) is 10.2 Å². The van der Waals surface area contributed by atoms with Crippen molar-refractivity contribution in [3.05, 3.63) is 81.7 Å². The summed E-state index contributed by atoms with van der Waals surface area (Å²) in [5, 5.41) is 3.85. The standard InChI is InChI=1S/C32H35N5O4S/c1-17-15-19(41-24-9-5-4-8-23(24)40-3)10-11-20(17)32(35)21-12-13-22(33)28-25(21)26(27(34)30(32)38)29(42-28)31(39)36-18-7-6-14-37(2)16-18/h4-5,8-13,15,18,27H,6-7,14,16,33-35H2,1-3H3,(H,36,39). The van der Waals surface area contributed by atoms with Crippen LogP contribution < -0.4 is 32.0 Å². The van der Waals surface area contributed by atoms with Crippen molar-refractivity contribution < 1.29 is 19.1 Å². The number of aryl methyl sites for hydroxylation is 1. The Morgan fingerprint density at radius 3 is 2.57 bits per heavy atom. The van der Waals surface area contributed by atoms with E-state index in [1.807, 2.05) is 44.3 Å². The summed E-state index contributed by atoms with van der Waals surface area (Å²) in [4.78, 5) is 30.4. The molecule has 4 aromatic rings. The van der Waals surface area contributed by atoms with E-state index in [9.17, 15) is 9.59 Å². The summed E-state index contributed by atoms with van der Waals surface area (Å²) in [5.74, 6) is 1.13. The fraction of sp³-hybridized carbons (Fsp3) is 0.312. The molecule has 10 heteroatoms. The predicted molar refractivity (Wildman–Crippen MR) is 165 cm³/mol. The Labute approximate surface area is 248 Å². The van der Waals surface area contributed by atoms with E-state index in [-0.39, 0.29) is 17.7 Å². The minimum Gasteiger partial charge on any atom is -0.493 e. The lowest BCUT2D eigenvalue weighted by atomic mass is 9.69. The zero-order valence-corrected chi connectivity index (χ0v) is 24.7. The molecule has 9 nitrogen and oxygen atoms in total. The Kier molecular flexibility index (Phi) is 7.18. The van der Waals surface area contributed by atoms with Gasteiger partial charge < -0.3 is 36.9 Å². The molecule has 2 aliphatic rings. The first kappa shape index (κ1) is 28.2. The van der Waals surface area contributed by atoms with Gasteiger partial charge in [0.05, 0.1) is 22.7 Å². The molecule has 7 N–H and O–H groups in total. The normalized spacial score (nSPS) is 22.3. The first-order chi connectivity index (χ1) is 20.1. The van der Waals surface area contributed by atoms with Crippen molar-refractivity contribution in [1.29, 1.82) is 0 Å². The molecule has 3 atom stereocenters. The quantitative estimate of drug-likeness (QED) is 0.246. The van der Waals surface area contributed by atoms with Crippen molar-refractivity contribution >= 4 is 38.8 Å². The van der Waals surface area contributed by atoms with Gasteiger partial charge in [-0.25, -0.2) is 0 Å². The van der Waals surface area contributed by atoms with Crippen molar-refractivity contribution in [2.45, 2.75) is 37.4 Å². The van der Waals surface area contributed by atoms with Crippen molar-refractivity contribution in [3.8, 4) is 17.2 Å². The van der Waals surface area contributed by atoms with Gasteiger partial charge in [-0.05, 0) is 80.4 Å². The molecule has 1 aliphatic heterocycles. The molecule has 42 heavy (non-hydrogen) atoms. The van der Waals surface area contributed by atoms with E-state index in [0.29, 0.717) is 54.6 Å². The number of hydrogen-bond donors (Lipinski definition) is 4. The number of nitrogen functional groups attached to an aromatic ring is 1. The number of thiophene rings is 1. The number of nitrogens with two attached hydrogens (primary N) is 3. The van der Waals surface area contributed by atoms with Crippen molar-refractivity contribution in [1.82, 2.24) is 10.2 Å². The van der Waals surface area contributed by atoms with Crippen LogP contribution in [-0.2, 0) is 10.3 Å². The highest BCUT2D eigenvalue weighted by atomic mass is 32.1. The average molecular weight is 586 g/mol. The van der Waals surface area contributed by atoms with Crippen molar-refractivity contribution in [3.63, 3.8) is 0 Å². The molecule has 1 aromatic heterocycles. The fourth-order valence-corrected chi connectivity index (χ4v) is 7.54. The first-order valence-electron chi connectivity index (χ1n) is 14.0. The fourth-order valence-electron chi connectivity index (χ4n) is 6.33. The van der Waals surface area contributed by atoms with E-state index in [1.165, 1.54) is 11.3 Å². The number of anilines is 1. The van der Waals surface area contributed by atoms with Crippen LogP contribution in [0.25, 0.3) is 10.1 Å². The van der Waals surface area contributed by atoms with Gasteiger partial charge in [0.2, 0.25) is 0 Å². The number of hydrogen-bond acceptors (Lipinski definition) is 9. The van der Waals surface area contributed by atoms with Crippen molar-refractivity contribution in [2.75, 3.05) is 33.0 Å². The summed E-state index contributed by atoms with van der Waals surface area (Å²) < 4.78 is 12.2. The molecule has 0 spiro atoms. The third-order valence-corrected chi connectivity index (χ3v) is 9.65. The molecule has 1 fully saturated rings. The highest BCUT2D eigenvalue weighted by Crippen LogP contribution is 2.50. The molecule has 6 rings (SSSR count). The monoisotopic (exact) mass is 585 g/mol. The van der Waals surface area contributed by atoms with Crippen LogP contribution in [0.15, 0.2) is 54.6 Å². The van der Waals surface area contributed by atoms with Gasteiger partial charge in [0.15, 0.2) is 17.3 Å². The Balaban J connectivity index is 1.42. The molecular formula is C32H35N5O4S. The lowest BCUT2D eigenvalue weighted by Gasteiger charge is -2.37. The van der Waals surface area contributed by atoms with Gasteiger partial charge in [0.1, 0.15) is 11.3 Å². The minimum absolute atomic E-state index is 0.0221. The number of nitrogens with one attached hydrogen (secondary N) is 1. The van der Waals surface area contributed by atoms with Crippen molar-refractivity contribution in [2.24, 2.45) is 11.5 Å². The lowest BCUT2D eigenvalue weighted by molar-refractivity contribution is -0.124. The SMILES string of the molecule is COc1ccccc1Oc1ccc(C2(N)C(=O)C(N)c3c(C(=O)NC4CCCN(C)C4)sc4c(N)ccc2c34)c(C)c1. The van der Waals surface area contributed by atoms with E-state index >= 15 is 0 Å². The molecule has 1 saturated heterocycles. The number of likely N-dealkylation sites (N-methyl/N-ethyl adjacent to an activating group) is 1. The molecule has 0 saturated carbocycles. The molecule has 218 valence electrons. The first-order valence-corrected chi connectivity index (χ1v) is 14.8. The van der Waals surface area contributed by atoms with Gasteiger partial charge in [-0.1, -0.05) is 24.3 Å². The van der Waals surface area contributed by atoms with Crippen LogP contribution >= 0.6 is 11.3 Å². The largest absolute Gasteiger partial charge is 0.493 e. The molecule has 0 radical (unpaired) electrons. The van der Waals surface area contributed by atoms with Gasteiger partial charge in [0, 0.05) is 29.2 Å². The topological polar surface area (TPSA) is 146 Å². The summed E-state index contributed by atoms with van der Waals surface area (Å²) in [7, 11) is 3.63.